The summed E-state index contributed by atoms with van der Waals surface area (Å²) in [4.78, 5) is 0. The number of ether oxygens (including phenoxy) is 1. The predicted molar refractivity (Wildman–Crippen MR) is 74.3 cm³/mol. The lowest BCUT2D eigenvalue weighted by atomic mass is 10.0. The van der Waals surface area contributed by atoms with Crippen LogP contribution in [0.25, 0.3) is 0 Å². The minimum atomic E-state index is -0.243. The van der Waals surface area contributed by atoms with Crippen molar-refractivity contribution in [1.29, 1.82) is 0 Å². The fraction of sp³-hybridized carbons (Fsp3) is 0.200. The van der Waals surface area contributed by atoms with Crippen molar-refractivity contribution >= 4 is 17.3 Å². The van der Waals surface area contributed by atoms with Crippen molar-refractivity contribution in [2.24, 2.45) is 0 Å². The third-order valence-corrected chi connectivity index (χ3v) is 3.47. The summed E-state index contributed by atoms with van der Waals surface area (Å²) in [5, 5.41) is 4.03. The summed E-state index contributed by atoms with van der Waals surface area (Å²) in [5.41, 5.74) is 1.83. The van der Waals surface area contributed by atoms with Crippen molar-refractivity contribution in [3.8, 4) is 5.75 Å². The van der Waals surface area contributed by atoms with E-state index in [0.717, 1.165) is 17.0 Å². The molecule has 2 nitrogen and oxygen atoms in total. The molecule has 0 bridgehead atoms. The molecule has 0 spiro atoms. The average Bonchev–Trinajstić information content (AvgIpc) is 2.39. The highest BCUT2D eigenvalue weighted by Crippen LogP contribution is 2.38. The van der Waals surface area contributed by atoms with E-state index in [1.807, 2.05) is 19.1 Å². The molecule has 1 N–H and O–H groups in total. The molecule has 0 aromatic heterocycles. The van der Waals surface area contributed by atoms with Gasteiger partial charge < -0.3 is 10.1 Å². The quantitative estimate of drug-likeness (QED) is 0.833. The zero-order valence-electron chi connectivity index (χ0n) is 10.4. The summed E-state index contributed by atoms with van der Waals surface area (Å²) in [6, 6.07) is 11.9. The van der Waals surface area contributed by atoms with E-state index < -0.39 is 0 Å². The minimum Gasteiger partial charge on any atom is -0.481 e. The molecular weight excluding hydrogens is 265 g/mol. The van der Waals surface area contributed by atoms with Crippen LogP contribution in [0.1, 0.15) is 18.6 Å². The molecule has 0 aliphatic carbocycles. The van der Waals surface area contributed by atoms with E-state index in [-0.39, 0.29) is 18.0 Å². The van der Waals surface area contributed by atoms with Crippen molar-refractivity contribution in [2.45, 2.75) is 19.1 Å². The Bertz CT molecular complexity index is 600. The number of hydrogen-bond donors (Lipinski definition) is 1. The van der Waals surface area contributed by atoms with Gasteiger partial charge in [0.25, 0.3) is 0 Å². The molecule has 1 heterocycles. The highest BCUT2D eigenvalue weighted by molar-refractivity contribution is 6.30. The SMILES string of the molecule is CC1Nc2cc(Cl)ccc2OC1c1ccc(F)cc1. The molecule has 98 valence electrons. The van der Waals surface area contributed by atoms with Gasteiger partial charge in [0.2, 0.25) is 0 Å². The van der Waals surface area contributed by atoms with E-state index in [1.54, 1.807) is 18.2 Å². The van der Waals surface area contributed by atoms with Gasteiger partial charge in [0.05, 0.1) is 11.7 Å². The maximum atomic E-state index is 13.0. The summed E-state index contributed by atoms with van der Waals surface area (Å²) < 4.78 is 18.9. The number of hydrogen-bond acceptors (Lipinski definition) is 2. The third kappa shape index (κ3) is 2.38. The summed E-state index contributed by atoms with van der Waals surface area (Å²) in [7, 11) is 0. The Hall–Kier alpha value is -1.74. The molecule has 1 aliphatic rings. The summed E-state index contributed by atoms with van der Waals surface area (Å²) in [5.74, 6) is 0.518. The Morgan fingerprint density at radius 1 is 1.16 bits per heavy atom. The molecule has 0 saturated carbocycles. The standard InChI is InChI=1S/C15H13ClFNO/c1-9-15(10-2-5-12(17)6-3-10)19-14-7-4-11(16)8-13(14)18-9/h2-9,15,18H,1H3. The molecular formula is C15H13ClFNO. The Morgan fingerprint density at radius 3 is 2.63 bits per heavy atom. The molecule has 4 heteroatoms. The highest BCUT2D eigenvalue weighted by Gasteiger charge is 2.27. The van der Waals surface area contributed by atoms with Crippen LogP contribution >= 0.6 is 11.6 Å². The van der Waals surface area contributed by atoms with E-state index in [4.69, 9.17) is 16.3 Å². The summed E-state index contributed by atoms with van der Waals surface area (Å²) in [6.45, 7) is 2.03. The van der Waals surface area contributed by atoms with E-state index in [9.17, 15) is 4.39 Å². The van der Waals surface area contributed by atoms with Crippen LogP contribution in [-0.2, 0) is 0 Å². The monoisotopic (exact) mass is 277 g/mol. The Balaban J connectivity index is 1.93. The molecule has 0 amide bonds. The van der Waals surface area contributed by atoms with Crippen LogP contribution in [0.2, 0.25) is 5.02 Å². The molecule has 2 unspecified atom stereocenters. The molecule has 0 radical (unpaired) electrons. The Labute approximate surface area is 116 Å². The van der Waals surface area contributed by atoms with E-state index in [1.165, 1.54) is 12.1 Å². The maximum Gasteiger partial charge on any atom is 0.144 e. The number of fused-ring (bicyclic) bond motifs is 1. The van der Waals surface area contributed by atoms with Crippen LogP contribution in [0, 0.1) is 5.82 Å². The fourth-order valence-electron chi connectivity index (χ4n) is 2.29. The van der Waals surface area contributed by atoms with Crippen LogP contribution in [0.5, 0.6) is 5.75 Å². The lowest BCUT2D eigenvalue weighted by molar-refractivity contribution is 0.177. The van der Waals surface area contributed by atoms with E-state index in [0.29, 0.717) is 5.02 Å². The zero-order valence-corrected chi connectivity index (χ0v) is 11.1. The predicted octanol–water partition coefficient (Wildman–Crippen LogP) is 4.41. The molecule has 2 aromatic rings. The van der Waals surface area contributed by atoms with Crippen LogP contribution in [-0.4, -0.2) is 6.04 Å². The molecule has 0 fully saturated rings. The lowest BCUT2D eigenvalue weighted by Crippen LogP contribution is -2.32. The lowest BCUT2D eigenvalue weighted by Gasteiger charge is -2.33. The first-order chi connectivity index (χ1) is 9.13. The van der Waals surface area contributed by atoms with Gasteiger partial charge in [-0.2, -0.15) is 0 Å². The second-order valence-electron chi connectivity index (χ2n) is 4.66. The number of halogens is 2. The summed E-state index contributed by atoms with van der Waals surface area (Å²) in [6.07, 6.45) is -0.144. The van der Waals surface area contributed by atoms with Gasteiger partial charge in [0.15, 0.2) is 0 Å². The molecule has 19 heavy (non-hydrogen) atoms. The van der Waals surface area contributed by atoms with Crippen LogP contribution < -0.4 is 10.1 Å². The number of benzene rings is 2. The second kappa shape index (κ2) is 4.74. The zero-order chi connectivity index (χ0) is 13.4. The normalized spacial score (nSPS) is 21.2. The van der Waals surface area contributed by atoms with Gasteiger partial charge in [-0.1, -0.05) is 23.7 Å². The topological polar surface area (TPSA) is 21.3 Å². The van der Waals surface area contributed by atoms with Crippen molar-refractivity contribution in [2.75, 3.05) is 5.32 Å². The maximum absolute atomic E-state index is 13.0. The van der Waals surface area contributed by atoms with Crippen LogP contribution in [0.4, 0.5) is 10.1 Å². The number of nitrogens with one attached hydrogen (secondary N) is 1. The van der Waals surface area contributed by atoms with Gasteiger partial charge in [-0.15, -0.1) is 0 Å². The van der Waals surface area contributed by atoms with Gasteiger partial charge in [0.1, 0.15) is 17.7 Å². The summed E-state index contributed by atoms with van der Waals surface area (Å²) >= 11 is 5.96. The van der Waals surface area contributed by atoms with Gasteiger partial charge in [-0.05, 0) is 42.8 Å². The van der Waals surface area contributed by atoms with Crippen molar-refractivity contribution in [3.05, 3.63) is 58.9 Å². The average molecular weight is 278 g/mol. The van der Waals surface area contributed by atoms with Crippen molar-refractivity contribution < 1.29 is 9.13 Å². The van der Waals surface area contributed by atoms with Gasteiger partial charge in [-0.3, -0.25) is 0 Å². The third-order valence-electron chi connectivity index (χ3n) is 3.23. The largest absolute Gasteiger partial charge is 0.481 e. The first-order valence-corrected chi connectivity index (χ1v) is 6.49. The minimum absolute atomic E-state index is 0.0800. The van der Waals surface area contributed by atoms with Crippen molar-refractivity contribution in [1.82, 2.24) is 0 Å². The molecule has 0 saturated heterocycles. The van der Waals surface area contributed by atoms with E-state index >= 15 is 0 Å². The van der Waals surface area contributed by atoms with Crippen LogP contribution in [0.3, 0.4) is 0 Å². The highest BCUT2D eigenvalue weighted by atomic mass is 35.5. The van der Waals surface area contributed by atoms with Crippen molar-refractivity contribution in [3.63, 3.8) is 0 Å². The molecule has 1 aliphatic heterocycles. The molecule has 2 atom stereocenters. The first kappa shape index (κ1) is 12.3. The van der Waals surface area contributed by atoms with Gasteiger partial charge in [-0.25, -0.2) is 4.39 Å². The Kier molecular flexibility index (Phi) is 3.07. The Morgan fingerprint density at radius 2 is 1.89 bits per heavy atom. The molecule has 2 aromatic carbocycles. The van der Waals surface area contributed by atoms with Gasteiger partial charge >= 0.3 is 0 Å². The van der Waals surface area contributed by atoms with Crippen LogP contribution in [0.15, 0.2) is 42.5 Å². The number of anilines is 1. The smallest absolute Gasteiger partial charge is 0.144 e. The first-order valence-electron chi connectivity index (χ1n) is 6.12. The van der Waals surface area contributed by atoms with E-state index in [2.05, 4.69) is 5.32 Å². The fourth-order valence-corrected chi connectivity index (χ4v) is 2.46. The molecule has 3 rings (SSSR count). The van der Waals surface area contributed by atoms with Gasteiger partial charge in [0, 0.05) is 5.02 Å². The second-order valence-corrected chi connectivity index (χ2v) is 5.10. The number of rotatable bonds is 1.